The summed E-state index contributed by atoms with van der Waals surface area (Å²) in [5.74, 6) is -0.277. The van der Waals surface area contributed by atoms with E-state index in [0.29, 0.717) is 12.1 Å². The molecule has 1 fully saturated rings. The van der Waals surface area contributed by atoms with Crippen molar-refractivity contribution in [3.8, 4) is 0 Å². The summed E-state index contributed by atoms with van der Waals surface area (Å²) in [6.07, 6.45) is 2.14. The van der Waals surface area contributed by atoms with Gasteiger partial charge in [0, 0.05) is 13.2 Å². The molecule has 2 aliphatic rings. The van der Waals surface area contributed by atoms with Crippen LogP contribution >= 0.6 is 0 Å². The van der Waals surface area contributed by atoms with Crippen LogP contribution in [-0.4, -0.2) is 36.7 Å². The third-order valence-electron chi connectivity index (χ3n) is 3.60. The molecule has 0 aromatic heterocycles. The molecule has 1 unspecified atom stereocenters. The van der Waals surface area contributed by atoms with E-state index in [9.17, 15) is 4.79 Å². The Morgan fingerprint density at radius 1 is 1.56 bits per heavy atom. The predicted octanol–water partition coefficient (Wildman–Crippen LogP) is 1.38. The molecule has 0 spiro atoms. The van der Waals surface area contributed by atoms with E-state index < -0.39 is 5.60 Å². The van der Waals surface area contributed by atoms with Crippen molar-refractivity contribution >= 4 is 11.8 Å². The van der Waals surface area contributed by atoms with E-state index in [1.807, 2.05) is 20.8 Å². The zero-order valence-corrected chi connectivity index (χ0v) is 11.1. The Kier molecular flexibility index (Phi) is 3.43. The van der Waals surface area contributed by atoms with E-state index in [1.165, 1.54) is 0 Å². The summed E-state index contributed by atoms with van der Waals surface area (Å²) in [4.78, 5) is 12.1. The van der Waals surface area contributed by atoms with Crippen LogP contribution in [0.25, 0.3) is 0 Å². The molecule has 0 aliphatic carbocycles. The fourth-order valence-corrected chi connectivity index (χ4v) is 2.23. The van der Waals surface area contributed by atoms with E-state index in [1.54, 1.807) is 0 Å². The van der Waals surface area contributed by atoms with Crippen molar-refractivity contribution in [1.82, 2.24) is 5.32 Å². The number of hydrogen-bond donors (Lipinski definition) is 2. The highest BCUT2D eigenvalue weighted by atomic mass is 16.5. The van der Waals surface area contributed by atoms with Gasteiger partial charge < -0.3 is 14.8 Å². The van der Waals surface area contributed by atoms with E-state index in [2.05, 4.69) is 5.32 Å². The lowest BCUT2D eigenvalue weighted by molar-refractivity contribution is -0.117. The quantitative estimate of drug-likeness (QED) is 0.797. The van der Waals surface area contributed by atoms with Crippen LogP contribution in [0.3, 0.4) is 0 Å². The lowest BCUT2D eigenvalue weighted by Crippen LogP contribution is -2.34. The highest BCUT2D eigenvalue weighted by Crippen LogP contribution is 2.31. The molecule has 0 bridgehead atoms. The summed E-state index contributed by atoms with van der Waals surface area (Å²) in [5.41, 5.74) is 0.600. The molecule has 5 nitrogen and oxygen atoms in total. The first-order valence-corrected chi connectivity index (χ1v) is 6.31. The molecule has 0 aromatic rings. The number of nitrogens with one attached hydrogen (secondary N) is 2. The molecular weight excluding hydrogens is 232 g/mol. The second kappa shape index (κ2) is 4.72. The lowest BCUT2D eigenvalue weighted by Gasteiger charge is -2.18. The van der Waals surface area contributed by atoms with Gasteiger partial charge in [-0.25, -0.2) is 0 Å². The van der Waals surface area contributed by atoms with Gasteiger partial charge >= 0.3 is 0 Å². The van der Waals surface area contributed by atoms with Gasteiger partial charge in [0.05, 0.1) is 6.10 Å². The molecule has 2 rings (SSSR count). The number of amides is 1. The minimum atomic E-state index is -0.562. The van der Waals surface area contributed by atoms with Gasteiger partial charge in [-0.05, 0) is 39.2 Å². The van der Waals surface area contributed by atoms with Crippen molar-refractivity contribution < 1.29 is 14.3 Å². The molecule has 100 valence electrons. The van der Waals surface area contributed by atoms with Crippen molar-refractivity contribution in [3.63, 3.8) is 0 Å². The van der Waals surface area contributed by atoms with E-state index in [-0.39, 0.29) is 17.9 Å². The number of rotatable bonds is 3. The standard InChI is InChI=1S/C13H20N2O3/c1-8-10(11(14)18-13(8,2)3)12(16)15-7-9-5-4-6-17-9/h9,14H,4-7H2,1-3H3,(H,15,16). The SMILES string of the molecule is CC1=C(C(=O)NCC2CCCO2)C(=N)OC1(C)C. The number of ether oxygens (including phenoxy) is 2. The van der Waals surface area contributed by atoms with Gasteiger partial charge in [0.2, 0.25) is 5.90 Å². The van der Waals surface area contributed by atoms with E-state index >= 15 is 0 Å². The number of hydrogen-bond acceptors (Lipinski definition) is 4. The van der Waals surface area contributed by atoms with Crippen LogP contribution < -0.4 is 5.32 Å². The topological polar surface area (TPSA) is 71.4 Å². The molecule has 1 atom stereocenters. The smallest absolute Gasteiger partial charge is 0.256 e. The van der Waals surface area contributed by atoms with Crippen molar-refractivity contribution in [1.29, 1.82) is 5.41 Å². The summed E-state index contributed by atoms with van der Waals surface area (Å²) in [7, 11) is 0. The predicted molar refractivity (Wildman–Crippen MR) is 67.6 cm³/mol. The Morgan fingerprint density at radius 3 is 2.78 bits per heavy atom. The normalized spacial score (nSPS) is 26.4. The van der Waals surface area contributed by atoms with Gasteiger partial charge in [-0.2, -0.15) is 0 Å². The van der Waals surface area contributed by atoms with Gasteiger partial charge in [-0.1, -0.05) is 0 Å². The Labute approximate surface area is 107 Å². The van der Waals surface area contributed by atoms with Crippen LogP contribution in [0.4, 0.5) is 0 Å². The molecule has 0 radical (unpaired) electrons. The lowest BCUT2D eigenvalue weighted by atomic mass is 9.97. The van der Waals surface area contributed by atoms with Crippen LogP contribution in [0.2, 0.25) is 0 Å². The van der Waals surface area contributed by atoms with Crippen molar-refractivity contribution in [3.05, 3.63) is 11.1 Å². The zero-order valence-electron chi connectivity index (χ0n) is 11.1. The van der Waals surface area contributed by atoms with Crippen LogP contribution in [0.1, 0.15) is 33.6 Å². The summed E-state index contributed by atoms with van der Waals surface area (Å²) in [6, 6.07) is 0. The Balaban J connectivity index is 2.00. The maximum absolute atomic E-state index is 12.1. The zero-order chi connectivity index (χ0) is 13.3. The Morgan fingerprint density at radius 2 is 2.28 bits per heavy atom. The summed E-state index contributed by atoms with van der Waals surface area (Å²) in [6.45, 7) is 6.83. The number of carbonyl (C=O) groups is 1. The molecule has 0 aromatic carbocycles. The first kappa shape index (κ1) is 13.1. The fraction of sp³-hybridized carbons (Fsp3) is 0.692. The molecule has 2 aliphatic heterocycles. The third-order valence-corrected chi connectivity index (χ3v) is 3.60. The van der Waals surface area contributed by atoms with Crippen LogP contribution in [0, 0.1) is 5.41 Å². The Bertz CT molecular complexity index is 406. The summed E-state index contributed by atoms with van der Waals surface area (Å²) in [5, 5.41) is 10.6. The highest BCUT2D eigenvalue weighted by Gasteiger charge is 2.38. The van der Waals surface area contributed by atoms with Crippen LogP contribution in [0.5, 0.6) is 0 Å². The van der Waals surface area contributed by atoms with Crippen LogP contribution in [0.15, 0.2) is 11.1 Å². The average Bonchev–Trinajstić information content (AvgIpc) is 2.84. The second-order valence-corrected chi connectivity index (χ2v) is 5.29. The minimum absolute atomic E-state index is 0.0395. The molecule has 18 heavy (non-hydrogen) atoms. The molecule has 2 heterocycles. The first-order valence-electron chi connectivity index (χ1n) is 6.31. The maximum atomic E-state index is 12.1. The molecule has 0 saturated carbocycles. The van der Waals surface area contributed by atoms with Crippen molar-refractivity contribution in [2.45, 2.75) is 45.3 Å². The second-order valence-electron chi connectivity index (χ2n) is 5.29. The Hall–Kier alpha value is -1.36. The van der Waals surface area contributed by atoms with Gasteiger partial charge in [-0.3, -0.25) is 10.2 Å². The van der Waals surface area contributed by atoms with Crippen molar-refractivity contribution in [2.24, 2.45) is 0 Å². The average molecular weight is 252 g/mol. The number of carbonyl (C=O) groups excluding carboxylic acids is 1. The summed E-state index contributed by atoms with van der Waals surface area (Å²) >= 11 is 0. The van der Waals surface area contributed by atoms with Gasteiger partial charge in [0.15, 0.2) is 0 Å². The third kappa shape index (κ3) is 2.41. The van der Waals surface area contributed by atoms with Gasteiger partial charge in [0.25, 0.3) is 5.91 Å². The van der Waals surface area contributed by atoms with Gasteiger partial charge in [-0.15, -0.1) is 0 Å². The van der Waals surface area contributed by atoms with Gasteiger partial charge in [0.1, 0.15) is 11.2 Å². The van der Waals surface area contributed by atoms with E-state index in [0.717, 1.165) is 25.0 Å². The fourth-order valence-electron chi connectivity index (χ4n) is 2.23. The monoisotopic (exact) mass is 252 g/mol. The highest BCUT2D eigenvalue weighted by molar-refractivity contribution is 6.19. The molecule has 1 amide bonds. The largest absolute Gasteiger partial charge is 0.467 e. The molecule has 1 saturated heterocycles. The molecule has 5 heteroatoms. The molecule has 2 N–H and O–H groups in total. The van der Waals surface area contributed by atoms with E-state index in [4.69, 9.17) is 14.9 Å². The summed E-state index contributed by atoms with van der Waals surface area (Å²) < 4.78 is 10.8. The van der Waals surface area contributed by atoms with Crippen molar-refractivity contribution in [2.75, 3.05) is 13.2 Å². The first-order chi connectivity index (χ1) is 8.42. The maximum Gasteiger partial charge on any atom is 0.256 e. The molecular formula is C13H20N2O3. The van der Waals surface area contributed by atoms with Crippen LogP contribution in [-0.2, 0) is 14.3 Å². The minimum Gasteiger partial charge on any atom is -0.467 e.